The average molecular weight is 1100 g/mol. The summed E-state index contributed by atoms with van der Waals surface area (Å²) in [5.41, 5.74) is 0. The van der Waals surface area contributed by atoms with Crippen LogP contribution < -0.4 is 0 Å². The molecular weight excluding hydrogens is 973 g/mol. The Morgan fingerprint density at radius 2 is 0.506 bits per heavy atom. The van der Waals surface area contributed by atoms with Crippen LogP contribution in [0.5, 0.6) is 0 Å². The van der Waals surface area contributed by atoms with E-state index in [9.17, 15) is 14.4 Å². The normalized spacial score (nSPS) is 12.6. The zero-order valence-corrected chi connectivity index (χ0v) is 52.4. The molecule has 456 valence electrons. The minimum absolute atomic E-state index is 0.0922. The number of carbonyl (C=O) groups is 3. The molecule has 0 aliphatic rings. The Morgan fingerprint density at radius 1 is 0.266 bits per heavy atom. The summed E-state index contributed by atoms with van der Waals surface area (Å²) in [5.74, 6) is -0.925. The average Bonchev–Trinajstić information content (AvgIpc) is 3.45. The van der Waals surface area contributed by atoms with E-state index in [1.54, 1.807) is 0 Å². The van der Waals surface area contributed by atoms with E-state index in [4.69, 9.17) is 14.2 Å². The van der Waals surface area contributed by atoms with Crippen LogP contribution >= 0.6 is 0 Å². The van der Waals surface area contributed by atoms with Gasteiger partial charge >= 0.3 is 17.9 Å². The van der Waals surface area contributed by atoms with Gasteiger partial charge in [0.2, 0.25) is 0 Å². The summed E-state index contributed by atoms with van der Waals surface area (Å²) in [6.45, 7) is 6.49. The van der Waals surface area contributed by atoms with Gasteiger partial charge in [0.15, 0.2) is 6.10 Å². The largest absolute Gasteiger partial charge is 0.462 e. The first kappa shape index (κ1) is 75.6. The maximum atomic E-state index is 12.9. The summed E-state index contributed by atoms with van der Waals surface area (Å²) in [6, 6.07) is 0. The van der Waals surface area contributed by atoms with Gasteiger partial charge in [0, 0.05) is 19.3 Å². The summed E-state index contributed by atoms with van der Waals surface area (Å²) in [6.07, 6.45) is 89.0. The molecule has 1 atom stereocenters. The van der Waals surface area contributed by atoms with E-state index in [2.05, 4.69) is 106 Å². The van der Waals surface area contributed by atoms with E-state index in [0.717, 1.165) is 122 Å². The molecule has 0 heterocycles. The van der Waals surface area contributed by atoms with Crippen molar-refractivity contribution < 1.29 is 28.6 Å². The Labute approximate surface area is 490 Å². The highest BCUT2D eigenvalue weighted by atomic mass is 16.6. The molecule has 0 aliphatic heterocycles. The molecule has 0 saturated heterocycles. The van der Waals surface area contributed by atoms with E-state index >= 15 is 0 Å². The van der Waals surface area contributed by atoms with E-state index in [-0.39, 0.29) is 37.5 Å². The van der Waals surface area contributed by atoms with Gasteiger partial charge in [-0.1, -0.05) is 318 Å². The molecule has 0 spiro atoms. The summed E-state index contributed by atoms with van der Waals surface area (Å²) in [5, 5.41) is 0. The van der Waals surface area contributed by atoms with Crippen LogP contribution in [0.3, 0.4) is 0 Å². The first-order valence-electron chi connectivity index (χ1n) is 34.1. The molecule has 0 fully saturated rings. The van der Waals surface area contributed by atoms with Crippen molar-refractivity contribution in [1.29, 1.82) is 0 Å². The number of hydrogen-bond donors (Lipinski definition) is 0. The van der Waals surface area contributed by atoms with Crippen LogP contribution in [-0.4, -0.2) is 37.2 Å². The third-order valence-corrected chi connectivity index (χ3v) is 14.9. The molecule has 0 aromatic rings. The van der Waals surface area contributed by atoms with Gasteiger partial charge in [-0.2, -0.15) is 0 Å². The van der Waals surface area contributed by atoms with Crippen molar-refractivity contribution in [2.45, 2.75) is 348 Å². The van der Waals surface area contributed by atoms with Crippen molar-refractivity contribution in [3.63, 3.8) is 0 Å². The third kappa shape index (κ3) is 65.3. The molecule has 0 amide bonds. The summed E-state index contributed by atoms with van der Waals surface area (Å²) in [7, 11) is 0. The smallest absolute Gasteiger partial charge is 0.306 e. The van der Waals surface area contributed by atoms with Crippen LogP contribution in [0.2, 0.25) is 0 Å². The number of unbranched alkanes of at least 4 members (excludes halogenated alkanes) is 37. The molecule has 0 N–H and O–H groups in total. The molecule has 0 saturated carbocycles. The fourth-order valence-corrected chi connectivity index (χ4v) is 9.78. The molecule has 79 heavy (non-hydrogen) atoms. The highest BCUT2D eigenvalue weighted by Crippen LogP contribution is 2.18. The molecule has 0 radical (unpaired) electrons. The molecule has 0 bridgehead atoms. The number of hydrogen-bond acceptors (Lipinski definition) is 6. The Kier molecular flexibility index (Phi) is 64.2. The van der Waals surface area contributed by atoms with E-state index in [1.807, 2.05) is 0 Å². The molecule has 0 aromatic heterocycles. The maximum absolute atomic E-state index is 12.9. The van der Waals surface area contributed by atoms with E-state index < -0.39 is 6.10 Å². The van der Waals surface area contributed by atoms with Crippen LogP contribution in [0.15, 0.2) is 85.1 Å². The molecule has 0 aromatic carbocycles. The predicted molar refractivity (Wildman–Crippen MR) is 344 cm³/mol. The summed E-state index contributed by atoms with van der Waals surface area (Å²) >= 11 is 0. The lowest BCUT2D eigenvalue weighted by Gasteiger charge is -2.18. The first-order valence-corrected chi connectivity index (χ1v) is 34.1. The standard InChI is InChI=1S/C73H128O6/c1-4-7-10-13-16-19-22-25-28-30-32-33-34-35-36-37-38-39-40-42-43-45-48-51-54-57-60-63-66-72(75)78-69-70(68-77-71(74)65-62-59-56-53-50-47-27-24-21-18-15-12-9-6-3)79-73(76)67-64-61-58-55-52-49-46-44-41-31-29-26-23-20-17-14-11-8-5-2/h8,11,15,17-18,20,24,26-27,29,41,44,49,52,70H,4-7,9-10,12-14,16,19,21-23,25,28,30-40,42-43,45-48,50-51,53-69H2,1-3H3/b11-8-,18-15-,20-17-,27-24-,29-26-,44-41-,52-49-. The van der Waals surface area contributed by atoms with Crippen molar-refractivity contribution in [2.75, 3.05) is 13.2 Å². The second-order valence-corrected chi connectivity index (χ2v) is 22.7. The Bertz CT molecular complexity index is 1500. The van der Waals surface area contributed by atoms with Gasteiger partial charge in [0.1, 0.15) is 13.2 Å². The number of ether oxygens (including phenoxy) is 3. The van der Waals surface area contributed by atoms with Gasteiger partial charge in [0.25, 0.3) is 0 Å². The Balaban J connectivity index is 4.28. The lowest BCUT2D eigenvalue weighted by molar-refractivity contribution is -0.167. The molecule has 0 aliphatic carbocycles. The van der Waals surface area contributed by atoms with Crippen LogP contribution in [0.1, 0.15) is 342 Å². The minimum Gasteiger partial charge on any atom is -0.462 e. The van der Waals surface area contributed by atoms with Gasteiger partial charge in [-0.3, -0.25) is 14.4 Å². The van der Waals surface area contributed by atoms with Crippen molar-refractivity contribution in [3.05, 3.63) is 85.1 Å². The van der Waals surface area contributed by atoms with Crippen molar-refractivity contribution in [2.24, 2.45) is 0 Å². The highest BCUT2D eigenvalue weighted by Gasteiger charge is 2.19. The van der Waals surface area contributed by atoms with Crippen LogP contribution in [0, 0.1) is 0 Å². The topological polar surface area (TPSA) is 78.9 Å². The predicted octanol–water partition coefficient (Wildman–Crippen LogP) is 23.4. The van der Waals surface area contributed by atoms with Gasteiger partial charge in [0.05, 0.1) is 0 Å². The molecule has 6 heteroatoms. The lowest BCUT2D eigenvalue weighted by Crippen LogP contribution is -2.30. The minimum atomic E-state index is -0.801. The number of rotatable bonds is 62. The van der Waals surface area contributed by atoms with Gasteiger partial charge in [-0.15, -0.1) is 0 Å². The number of carbonyl (C=O) groups excluding carboxylic acids is 3. The van der Waals surface area contributed by atoms with Crippen molar-refractivity contribution in [3.8, 4) is 0 Å². The van der Waals surface area contributed by atoms with Gasteiger partial charge < -0.3 is 14.2 Å². The fraction of sp³-hybridized carbons (Fsp3) is 0.767. The van der Waals surface area contributed by atoms with Crippen molar-refractivity contribution >= 4 is 17.9 Å². The second-order valence-electron chi connectivity index (χ2n) is 22.7. The first-order chi connectivity index (χ1) is 39.0. The van der Waals surface area contributed by atoms with E-state index in [0.29, 0.717) is 12.8 Å². The van der Waals surface area contributed by atoms with Crippen LogP contribution in [-0.2, 0) is 28.6 Å². The molecule has 0 rings (SSSR count). The van der Waals surface area contributed by atoms with Crippen molar-refractivity contribution in [1.82, 2.24) is 0 Å². The Morgan fingerprint density at radius 3 is 0.823 bits per heavy atom. The summed E-state index contributed by atoms with van der Waals surface area (Å²) < 4.78 is 16.9. The zero-order chi connectivity index (χ0) is 57.1. The monoisotopic (exact) mass is 1100 g/mol. The van der Waals surface area contributed by atoms with E-state index in [1.165, 1.54) is 180 Å². The maximum Gasteiger partial charge on any atom is 0.306 e. The number of allylic oxidation sites excluding steroid dienone is 14. The second kappa shape index (κ2) is 67.1. The molecule has 6 nitrogen and oxygen atoms in total. The third-order valence-electron chi connectivity index (χ3n) is 14.9. The van der Waals surface area contributed by atoms with Gasteiger partial charge in [-0.25, -0.2) is 0 Å². The van der Waals surface area contributed by atoms with Crippen LogP contribution in [0.25, 0.3) is 0 Å². The quantitative estimate of drug-likeness (QED) is 0.0261. The molecule has 1 unspecified atom stereocenters. The molecular formula is C73H128O6. The van der Waals surface area contributed by atoms with Crippen LogP contribution in [0.4, 0.5) is 0 Å². The van der Waals surface area contributed by atoms with Gasteiger partial charge in [-0.05, 0) is 89.9 Å². The Hall–Kier alpha value is -3.41. The summed E-state index contributed by atoms with van der Waals surface area (Å²) in [4.78, 5) is 38.3. The number of esters is 3. The lowest BCUT2D eigenvalue weighted by atomic mass is 10.0. The fourth-order valence-electron chi connectivity index (χ4n) is 9.78. The SMILES string of the molecule is CC/C=C\C/C=C\C/C=C\C/C=C\C/C=C\CCCCCC(=O)OC(COC(=O)CCCCCCC/C=C\C/C=C\CCCC)COC(=O)CCCCCCCCCCCCCCCCCCCCCCCCCCCCCC. The zero-order valence-electron chi connectivity index (χ0n) is 52.4. The highest BCUT2D eigenvalue weighted by molar-refractivity contribution is 5.71.